The van der Waals surface area contributed by atoms with Crippen molar-refractivity contribution in [3.05, 3.63) is 11.3 Å². The zero-order valence-electron chi connectivity index (χ0n) is 14.1. The molecule has 1 aromatic heterocycles. The highest BCUT2D eigenvalue weighted by atomic mass is 16.5. The fraction of sp³-hybridized carbons (Fsp3) is 0.750. The van der Waals surface area contributed by atoms with Gasteiger partial charge in [-0.1, -0.05) is 6.92 Å². The van der Waals surface area contributed by atoms with E-state index in [0.717, 1.165) is 69.0 Å². The standard InChI is InChI=1S/C16H29N5O/c1-4-14-12(2)19-16(17)20-15(14)18-8-5-11-22-13-6-9-21(3)10-7-13/h13H,4-11H2,1-3H3,(H3,17,18,19,20). The molecule has 6 nitrogen and oxygen atoms in total. The monoisotopic (exact) mass is 307 g/mol. The zero-order valence-corrected chi connectivity index (χ0v) is 14.1. The summed E-state index contributed by atoms with van der Waals surface area (Å²) in [6.07, 6.45) is 4.59. The highest BCUT2D eigenvalue weighted by Crippen LogP contribution is 2.18. The number of aromatic nitrogens is 2. The minimum absolute atomic E-state index is 0.333. The summed E-state index contributed by atoms with van der Waals surface area (Å²) in [5.74, 6) is 1.20. The second kappa shape index (κ2) is 8.29. The number of likely N-dealkylation sites (tertiary alicyclic amines) is 1. The third kappa shape index (κ3) is 4.81. The first-order chi connectivity index (χ1) is 10.6. The highest BCUT2D eigenvalue weighted by Gasteiger charge is 2.16. The van der Waals surface area contributed by atoms with Crippen molar-refractivity contribution in [3.63, 3.8) is 0 Å². The molecule has 0 spiro atoms. The number of nitrogens with one attached hydrogen (secondary N) is 1. The molecule has 1 fully saturated rings. The van der Waals surface area contributed by atoms with Gasteiger partial charge in [0, 0.05) is 37.5 Å². The van der Waals surface area contributed by atoms with Crippen molar-refractivity contribution < 1.29 is 4.74 Å². The molecule has 3 N–H and O–H groups in total. The lowest BCUT2D eigenvalue weighted by Gasteiger charge is -2.28. The van der Waals surface area contributed by atoms with Crippen LogP contribution in [0.4, 0.5) is 11.8 Å². The first-order valence-electron chi connectivity index (χ1n) is 8.27. The maximum atomic E-state index is 5.95. The molecular weight excluding hydrogens is 278 g/mol. The molecule has 1 aromatic rings. The molecule has 0 aliphatic carbocycles. The largest absolute Gasteiger partial charge is 0.378 e. The van der Waals surface area contributed by atoms with E-state index in [1.54, 1.807) is 0 Å². The Morgan fingerprint density at radius 3 is 2.73 bits per heavy atom. The first-order valence-corrected chi connectivity index (χ1v) is 8.27. The molecule has 2 heterocycles. The molecule has 0 amide bonds. The molecule has 1 saturated heterocycles. The number of nitrogen functional groups attached to an aromatic ring is 1. The van der Waals surface area contributed by atoms with Crippen LogP contribution in [-0.2, 0) is 11.2 Å². The summed E-state index contributed by atoms with van der Waals surface area (Å²) < 4.78 is 5.95. The molecule has 0 saturated carbocycles. The Morgan fingerprint density at radius 1 is 1.32 bits per heavy atom. The van der Waals surface area contributed by atoms with E-state index in [9.17, 15) is 0 Å². The van der Waals surface area contributed by atoms with Crippen LogP contribution in [0.3, 0.4) is 0 Å². The van der Waals surface area contributed by atoms with Gasteiger partial charge >= 0.3 is 0 Å². The lowest BCUT2D eigenvalue weighted by Crippen LogP contribution is -2.34. The lowest BCUT2D eigenvalue weighted by molar-refractivity contribution is 0.0125. The van der Waals surface area contributed by atoms with Gasteiger partial charge in [-0.05, 0) is 39.7 Å². The van der Waals surface area contributed by atoms with Gasteiger partial charge in [0.05, 0.1) is 6.10 Å². The molecule has 0 unspecified atom stereocenters. The second-order valence-electron chi connectivity index (χ2n) is 6.00. The second-order valence-corrected chi connectivity index (χ2v) is 6.00. The van der Waals surface area contributed by atoms with E-state index < -0.39 is 0 Å². The van der Waals surface area contributed by atoms with Crippen LogP contribution in [0, 0.1) is 6.92 Å². The number of hydrogen-bond donors (Lipinski definition) is 2. The number of hydrogen-bond acceptors (Lipinski definition) is 6. The predicted octanol–water partition coefficient (Wildman–Crippen LogP) is 1.84. The summed E-state index contributed by atoms with van der Waals surface area (Å²) in [6.45, 7) is 8.00. The molecule has 6 heteroatoms. The fourth-order valence-electron chi connectivity index (χ4n) is 2.87. The van der Waals surface area contributed by atoms with Crippen LogP contribution < -0.4 is 11.1 Å². The van der Waals surface area contributed by atoms with Crippen LogP contribution in [0.25, 0.3) is 0 Å². The Kier molecular flexibility index (Phi) is 6.39. The number of piperidine rings is 1. The predicted molar refractivity (Wildman–Crippen MR) is 90.1 cm³/mol. The number of rotatable bonds is 7. The lowest BCUT2D eigenvalue weighted by atomic mass is 10.1. The van der Waals surface area contributed by atoms with E-state index >= 15 is 0 Å². The summed E-state index contributed by atoms with van der Waals surface area (Å²) in [4.78, 5) is 10.9. The van der Waals surface area contributed by atoms with Crippen molar-refractivity contribution in [1.82, 2.24) is 14.9 Å². The summed E-state index contributed by atoms with van der Waals surface area (Å²) in [6, 6.07) is 0. The van der Waals surface area contributed by atoms with E-state index in [-0.39, 0.29) is 0 Å². The van der Waals surface area contributed by atoms with Crippen LogP contribution in [0.15, 0.2) is 0 Å². The number of ether oxygens (including phenoxy) is 1. The van der Waals surface area contributed by atoms with Gasteiger partial charge < -0.3 is 20.7 Å². The molecule has 0 atom stereocenters. The van der Waals surface area contributed by atoms with Gasteiger partial charge in [-0.25, -0.2) is 4.98 Å². The van der Waals surface area contributed by atoms with Crippen LogP contribution >= 0.6 is 0 Å². The van der Waals surface area contributed by atoms with Crippen molar-refractivity contribution in [2.24, 2.45) is 0 Å². The van der Waals surface area contributed by atoms with E-state index in [4.69, 9.17) is 10.5 Å². The molecule has 0 radical (unpaired) electrons. The average molecular weight is 307 g/mol. The Bertz CT molecular complexity index is 472. The van der Waals surface area contributed by atoms with Crippen molar-refractivity contribution in [2.45, 2.75) is 45.6 Å². The number of aryl methyl sites for hydroxylation is 1. The molecule has 2 rings (SSSR count). The fourth-order valence-corrected chi connectivity index (χ4v) is 2.87. The minimum Gasteiger partial charge on any atom is -0.378 e. The molecule has 22 heavy (non-hydrogen) atoms. The zero-order chi connectivity index (χ0) is 15.9. The number of anilines is 2. The van der Waals surface area contributed by atoms with Gasteiger partial charge in [-0.2, -0.15) is 4.98 Å². The van der Waals surface area contributed by atoms with Gasteiger partial charge in [0.1, 0.15) is 5.82 Å². The Balaban J connectivity index is 1.70. The normalized spacial score (nSPS) is 16.9. The maximum Gasteiger partial charge on any atom is 0.222 e. The molecule has 1 aliphatic heterocycles. The topological polar surface area (TPSA) is 76.3 Å². The molecule has 124 valence electrons. The van der Waals surface area contributed by atoms with Crippen LogP contribution in [0.1, 0.15) is 37.4 Å². The Hall–Kier alpha value is -1.40. The van der Waals surface area contributed by atoms with Crippen LogP contribution in [0.5, 0.6) is 0 Å². The van der Waals surface area contributed by atoms with Gasteiger partial charge in [0.2, 0.25) is 5.95 Å². The van der Waals surface area contributed by atoms with Crippen LogP contribution in [-0.4, -0.2) is 54.3 Å². The number of nitrogens with two attached hydrogens (primary N) is 1. The molecule has 1 aliphatic rings. The minimum atomic E-state index is 0.333. The maximum absolute atomic E-state index is 5.95. The summed E-state index contributed by atoms with van der Waals surface area (Å²) in [5.41, 5.74) is 7.83. The van der Waals surface area contributed by atoms with Crippen molar-refractivity contribution in [3.8, 4) is 0 Å². The summed E-state index contributed by atoms with van der Waals surface area (Å²) in [7, 11) is 2.17. The van der Waals surface area contributed by atoms with E-state index in [1.807, 2.05) is 6.92 Å². The smallest absolute Gasteiger partial charge is 0.222 e. The molecule has 0 bridgehead atoms. The number of nitrogens with zero attached hydrogens (tertiary/aromatic N) is 3. The van der Waals surface area contributed by atoms with Gasteiger partial charge in [-0.15, -0.1) is 0 Å². The quantitative estimate of drug-likeness (QED) is 0.749. The summed E-state index contributed by atoms with van der Waals surface area (Å²) in [5, 5.41) is 3.37. The average Bonchev–Trinajstić information content (AvgIpc) is 2.48. The van der Waals surface area contributed by atoms with Gasteiger partial charge in [0.25, 0.3) is 0 Å². The third-order valence-electron chi connectivity index (χ3n) is 4.22. The van der Waals surface area contributed by atoms with Gasteiger partial charge in [-0.3, -0.25) is 0 Å². The Labute approximate surface area is 133 Å². The molecule has 0 aromatic carbocycles. The highest BCUT2D eigenvalue weighted by molar-refractivity contribution is 5.49. The molecular formula is C16H29N5O. The van der Waals surface area contributed by atoms with Crippen molar-refractivity contribution in [1.29, 1.82) is 0 Å². The van der Waals surface area contributed by atoms with E-state index in [0.29, 0.717) is 12.1 Å². The SMILES string of the molecule is CCc1c(C)nc(N)nc1NCCCOC1CCN(C)CC1. The van der Waals surface area contributed by atoms with Crippen LogP contribution in [0.2, 0.25) is 0 Å². The van der Waals surface area contributed by atoms with E-state index in [2.05, 4.69) is 34.2 Å². The van der Waals surface area contributed by atoms with Crippen molar-refractivity contribution in [2.75, 3.05) is 44.3 Å². The van der Waals surface area contributed by atoms with Gasteiger partial charge in [0.15, 0.2) is 0 Å². The summed E-state index contributed by atoms with van der Waals surface area (Å²) >= 11 is 0. The van der Waals surface area contributed by atoms with E-state index in [1.165, 1.54) is 0 Å². The third-order valence-corrected chi connectivity index (χ3v) is 4.22. The first kappa shape index (κ1) is 17.0. The Morgan fingerprint density at radius 2 is 2.05 bits per heavy atom. The van der Waals surface area contributed by atoms with Crippen molar-refractivity contribution >= 4 is 11.8 Å².